The van der Waals surface area contributed by atoms with Gasteiger partial charge in [0.05, 0.1) is 12.7 Å². The maximum atomic E-state index is 9.89. The van der Waals surface area contributed by atoms with Gasteiger partial charge in [0.2, 0.25) is 0 Å². The Labute approximate surface area is 92.0 Å². The minimum Gasteiger partial charge on any atom is -0.493 e. The number of aliphatic hydroxyl groups excluding tert-OH is 1. The van der Waals surface area contributed by atoms with E-state index in [0.717, 1.165) is 34.2 Å². The van der Waals surface area contributed by atoms with Gasteiger partial charge in [-0.25, -0.2) is 0 Å². The van der Waals surface area contributed by atoms with Crippen molar-refractivity contribution in [2.75, 3.05) is 6.61 Å². The number of aliphatic hydroxyl groups is 1. The van der Waals surface area contributed by atoms with E-state index >= 15 is 0 Å². The molecule has 2 nitrogen and oxygen atoms in total. The zero-order valence-corrected chi connectivity index (χ0v) is 9.67. The normalized spacial score (nSPS) is 20.9. The summed E-state index contributed by atoms with van der Waals surface area (Å²) < 4.78 is 6.62. The second-order valence-corrected chi connectivity index (χ2v) is 4.56. The molecule has 1 atom stereocenters. The van der Waals surface area contributed by atoms with Crippen molar-refractivity contribution in [3.63, 3.8) is 0 Å². The third-order valence-electron chi connectivity index (χ3n) is 2.50. The lowest BCUT2D eigenvalue weighted by molar-refractivity contribution is 0.167. The number of hydrogen-bond acceptors (Lipinski definition) is 2. The van der Waals surface area contributed by atoms with E-state index in [4.69, 9.17) is 4.74 Å². The number of hydrogen-bond donors (Lipinski definition) is 1. The number of rotatable bonds is 0. The molecule has 0 spiro atoms. The van der Waals surface area contributed by atoms with Crippen molar-refractivity contribution in [1.29, 1.82) is 0 Å². The molecule has 1 aromatic rings. The molecule has 76 valence electrons. The van der Waals surface area contributed by atoms with Crippen LogP contribution in [-0.2, 0) is 0 Å². The summed E-state index contributed by atoms with van der Waals surface area (Å²) in [5, 5.41) is 9.89. The molecule has 2 rings (SSSR count). The zero-order chi connectivity index (χ0) is 10.1. The monoisotopic (exact) mass is 256 g/mol. The van der Waals surface area contributed by atoms with E-state index in [1.54, 1.807) is 0 Å². The van der Waals surface area contributed by atoms with Gasteiger partial charge in [0.25, 0.3) is 0 Å². The topological polar surface area (TPSA) is 29.5 Å². The second-order valence-electron chi connectivity index (χ2n) is 3.65. The average molecular weight is 257 g/mol. The van der Waals surface area contributed by atoms with Crippen LogP contribution in [0.25, 0.3) is 0 Å². The number of benzene rings is 1. The van der Waals surface area contributed by atoms with Crippen LogP contribution in [0.5, 0.6) is 5.75 Å². The van der Waals surface area contributed by atoms with Gasteiger partial charge in [-0.2, -0.15) is 0 Å². The minimum atomic E-state index is -0.385. The highest BCUT2D eigenvalue weighted by molar-refractivity contribution is 9.10. The highest BCUT2D eigenvalue weighted by Gasteiger charge is 2.19. The fraction of sp³-hybridized carbons (Fsp3) is 0.455. The third-order valence-corrected chi connectivity index (χ3v) is 2.95. The summed E-state index contributed by atoms with van der Waals surface area (Å²) in [5.41, 5.74) is 1.99. The fourth-order valence-corrected chi connectivity index (χ4v) is 2.40. The van der Waals surface area contributed by atoms with Crippen molar-refractivity contribution in [3.8, 4) is 5.75 Å². The molecule has 0 amide bonds. The first-order chi connectivity index (χ1) is 6.68. The lowest BCUT2D eigenvalue weighted by atomic mass is 10.0. The quantitative estimate of drug-likeness (QED) is 0.774. The summed E-state index contributed by atoms with van der Waals surface area (Å²) in [6, 6.07) is 3.95. The minimum absolute atomic E-state index is 0.385. The van der Waals surface area contributed by atoms with E-state index < -0.39 is 0 Å². The Morgan fingerprint density at radius 2 is 2.29 bits per heavy atom. The summed E-state index contributed by atoms with van der Waals surface area (Å²) in [6.07, 6.45) is 1.30. The van der Waals surface area contributed by atoms with Crippen LogP contribution in [0.4, 0.5) is 0 Å². The molecule has 0 saturated heterocycles. The Kier molecular flexibility index (Phi) is 2.79. The van der Waals surface area contributed by atoms with Gasteiger partial charge in [-0.3, -0.25) is 0 Å². The van der Waals surface area contributed by atoms with E-state index in [1.807, 2.05) is 19.1 Å². The van der Waals surface area contributed by atoms with Gasteiger partial charge in [-0.1, -0.05) is 15.9 Å². The average Bonchev–Trinajstić information content (AvgIpc) is 2.29. The predicted molar refractivity (Wildman–Crippen MR) is 58.6 cm³/mol. The molecule has 0 radical (unpaired) electrons. The first-order valence-electron chi connectivity index (χ1n) is 4.79. The smallest absolute Gasteiger partial charge is 0.128 e. The van der Waals surface area contributed by atoms with Crippen molar-refractivity contribution in [2.24, 2.45) is 0 Å². The van der Waals surface area contributed by atoms with Gasteiger partial charge < -0.3 is 9.84 Å². The molecule has 0 aromatic heterocycles. The Balaban J connectivity index is 2.53. The molecule has 0 fully saturated rings. The predicted octanol–water partition coefficient (Wildman–Crippen LogP) is 2.96. The standard InChI is InChI=1S/C11H13BrO2/c1-7-5-8(12)6-9-10(13)3-2-4-14-11(7)9/h5-6,10,13H,2-4H2,1H3/t10-/m1/s1. The lowest BCUT2D eigenvalue weighted by Gasteiger charge is -2.13. The highest BCUT2D eigenvalue weighted by atomic mass is 79.9. The Morgan fingerprint density at radius 1 is 1.50 bits per heavy atom. The molecule has 1 heterocycles. The second kappa shape index (κ2) is 3.91. The molecular weight excluding hydrogens is 244 g/mol. The van der Waals surface area contributed by atoms with Gasteiger partial charge in [0.1, 0.15) is 5.75 Å². The summed E-state index contributed by atoms with van der Waals surface area (Å²) >= 11 is 3.43. The van der Waals surface area contributed by atoms with Crippen LogP contribution >= 0.6 is 15.9 Å². The number of aryl methyl sites for hydroxylation is 1. The van der Waals surface area contributed by atoms with Crippen molar-refractivity contribution >= 4 is 15.9 Å². The maximum Gasteiger partial charge on any atom is 0.128 e. The van der Waals surface area contributed by atoms with Gasteiger partial charge in [-0.15, -0.1) is 0 Å². The Morgan fingerprint density at radius 3 is 3.07 bits per heavy atom. The SMILES string of the molecule is Cc1cc(Br)cc2c1OCCC[C@H]2O. The molecule has 0 bridgehead atoms. The summed E-state index contributed by atoms with van der Waals surface area (Å²) in [5.74, 6) is 0.859. The molecule has 1 N–H and O–H groups in total. The molecule has 0 saturated carbocycles. The van der Waals surface area contributed by atoms with E-state index in [-0.39, 0.29) is 6.10 Å². The molecule has 1 aliphatic heterocycles. The number of ether oxygens (including phenoxy) is 1. The lowest BCUT2D eigenvalue weighted by Crippen LogP contribution is -1.98. The fourth-order valence-electron chi connectivity index (χ4n) is 1.81. The zero-order valence-electron chi connectivity index (χ0n) is 8.09. The van der Waals surface area contributed by atoms with E-state index in [2.05, 4.69) is 15.9 Å². The summed E-state index contributed by atoms with van der Waals surface area (Å²) in [7, 11) is 0. The van der Waals surface area contributed by atoms with E-state index in [0.29, 0.717) is 6.61 Å². The van der Waals surface area contributed by atoms with Crippen LogP contribution < -0.4 is 4.74 Å². The van der Waals surface area contributed by atoms with Crippen molar-refractivity contribution in [2.45, 2.75) is 25.9 Å². The van der Waals surface area contributed by atoms with Crippen LogP contribution in [0.2, 0.25) is 0 Å². The van der Waals surface area contributed by atoms with Crippen LogP contribution in [0, 0.1) is 6.92 Å². The first kappa shape index (κ1) is 9.99. The molecule has 14 heavy (non-hydrogen) atoms. The molecule has 0 aliphatic carbocycles. The largest absolute Gasteiger partial charge is 0.493 e. The van der Waals surface area contributed by atoms with Crippen molar-refractivity contribution in [1.82, 2.24) is 0 Å². The third kappa shape index (κ3) is 1.79. The van der Waals surface area contributed by atoms with Crippen molar-refractivity contribution in [3.05, 3.63) is 27.7 Å². The van der Waals surface area contributed by atoms with Crippen molar-refractivity contribution < 1.29 is 9.84 Å². The Bertz CT molecular complexity index is 349. The first-order valence-corrected chi connectivity index (χ1v) is 5.58. The number of fused-ring (bicyclic) bond motifs is 1. The maximum absolute atomic E-state index is 9.89. The van der Waals surface area contributed by atoms with Crippen LogP contribution in [0.15, 0.2) is 16.6 Å². The van der Waals surface area contributed by atoms with Gasteiger partial charge in [0.15, 0.2) is 0 Å². The summed E-state index contributed by atoms with van der Waals surface area (Å²) in [4.78, 5) is 0. The Hall–Kier alpha value is -0.540. The van der Waals surface area contributed by atoms with E-state index in [9.17, 15) is 5.11 Å². The molecule has 0 unspecified atom stereocenters. The van der Waals surface area contributed by atoms with Gasteiger partial charge >= 0.3 is 0 Å². The highest BCUT2D eigenvalue weighted by Crippen LogP contribution is 2.36. The van der Waals surface area contributed by atoms with Crippen LogP contribution in [0.3, 0.4) is 0 Å². The number of halogens is 1. The van der Waals surface area contributed by atoms with E-state index in [1.165, 1.54) is 0 Å². The van der Waals surface area contributed by atoms with Gasteiger partial charge in [0, 0.05) is 10.0 Å². The summed E-state index contributed by atoms with van der Waals surface area (Å²) in [6.45, 7) is 2.70. The van der Waals surface area contributed by atoms with Crippen LogP contribution in [0.1, 0.15) is 30.1 Å². The van der Waals surface area contributed by atoms with Gasteiger partial charge in [-0.05, 0) is 37.5 Å². The molecular formula is C11H13BrO2. The molecule has 3 heteroatoms. The molecule has 1 aromatic carbocycles. The van der Waals surface area contributed by atoms with Crippen LogP contribution in [-0.4, -0.2) is 11.7 Å². The molecule has 1 aliphatic rings.